The first kappa shape index (κ1) is 14.8. The van der Waals surface area contributed by atoms with Crippen LogP contribution in [0.4, 0.5) is 4.39 Å². The molecule has 0 atom stereocenters. The molecule has 0 saturated carbocycles. The van der Waals surface area contributed by atoms with Gasteiger partial charge < -0.3 is 10.1 Å². The van der Waals surface area contributed by atoms with E-state index in [1.807, 2.05) is 6.07 Å². The maximum atomic E-state index is 13.7. The van der Waals surface area contributed by atoms with Crippen LogP contribution in [0.5, 0.6) is 11.6 Å². The fraction of sp³-hybridized carbons (Fsp3) is 0.267. The molecule has 0 radical (unpaired) electrons. The van der Waals surface area contributed by atoms with Crippen LogP contribution in [-0.2, 0) is 6.54 Å². The van der Waals surface area contributed by atoms with Gasteiger partial charge in [-0.15, -0.1) is 0 Å². The molecule has 0 amide bonds. The van der Waals surface area contributed by atoms with Crippen LogP contribution in [0.15, 0.2) is 36.5 Å². The molecular formula is C15H16ClFN2O. The normalized spacial score (nSPS) is 10.8. The average molecular weight is 295 g/mol. The second kappa shape index (κ2) is 6.68. The third-order valence-electron chi connectivity index (χ3n) is 2.64. The molecule has 0 aliphatic rings. The maximum absolute atomic E-state index is 13.7. The highest BCUT2D eigenvalue weighted by molar-refractivity contribution is 6.30. The molecule has 0 aliphatic heterocycles. The number of hydrogen-bond acceptors (Lipinski definition) is 3. The van der Waals surface area contributed by atoms with E-state index in [4.69, 9.17) is 16.3 Å². The smallest absolute Gasteiger partial charge is 0.219 e. The molecule has 2 rings (SSSR count). The van der Waals surface area contributed by atoms with Gasteiger partial charge in [-0.05, 0) is 23.8 Å². The Morgan fingerprint density at radius 1 is 1.35 bits per heavy atom. The molecule has 0 aliphatic carbocycles. The summed E-state index contributed by atoms with van der Waals surface area (Å²) in [5.41, 5.74) is 1.02. The average Bonchev–Trinajstić information content (AvgIpc) is 2.42. The van der Waals surface area contributed by atoms with Crippen molar-refractivity contribution in [3.05, 3.63) is 52.9 Å². The van der Waals surface area contributed by atoms with Crippen molar-refractivity contribution in [3.8, 4) is 11.6 Å². The second-order valence-corrected chi connectivity index (χ2v) is 5.10. The molecule has 1 aromatic carbocycles. The molecule has 106 valence electrons. The molecule has 5 heteroatoms. The third-order valence-corrected chi connectivity index (χ3v) is 2.94. The lowest BCUT2D eigenvalue weighted by atomic mass is 10.2. The summed E-state index contributed by atoms with van der Waals surface area (Å²) in [4.78, 5) is 4.07. The lowest BCUT2D eigenvalue weighted by Crippen LogP contribution is -2.21. The van der Waals surface area contributed by atoms with Crippen LogP contribution in [0.3, 0.4) is 0 Å². The fourth-order valence-corrected chi connectivity index (χ4v) is 1.78. The van der Waals surface area contributed by atoms with Gasteiger partial charge in [0, 0.05) is 24.8 Å². The summed E-state index contributed by atoms with van der Waals surface area (Å²) in [7, 11) is 0. The minimum absolute atomic E-state index is 0.0279. The van der Waals surface area contributed by atoms with E-state index < -0.39 is 5.82 Å². The van der Waals surface area contributed by atoms with Gasteiger partial charge in [0.25, 0.3) is 0 Å². The summed E-state index contributed by atoms with van der Waals surface area (Å²) in [5.74, 6) is -0.171. The lowest BCUT2D eigenvalue weighted by Gasteiger charge is -2.10. The molecule has 1 heterocycles. The number of nitrogens with zero attached hydrogens (tertiary/aromatic N) is 1. The van der Waals surface area contributed by atoms with E-state index in [1.54, 1.807) is 18.3 Å². The van der Waals surface area contributed by atoms with E-state index in [-0.39, 0.29) is 10.8 Å². The molecule has 0 fully saturated rings. The van der Waals surface area contributed by atoms with Crippen LogP contribution in [-0.4, -0.2) is 11.0 Å². The number of nitrogens with one attached hydrogen (secondary N) is 1. The summed E-state index contributed by atoms with van der Waals surface area (Å²) in [6.45, 7) is 4.84. The molecule has 20 heavy (non-hydrogen) atoms. The number of rotatable bonds is 5. The molecular weight excluding hydrogens is 279 g/mol. The van der Waals surface area contributed by atoms with Crippen LogP contribution in [0, 0.1) is 5.82 Å². The molecule has 1 aromatic heterocycles. The van der Waals surface area contributed by atoms with Gasteiger partial charge >= 0.3 is 0 Å². The first-order chi connectivity index (χ1) is 9.56. The minimum Gasteiger partial charge on any atom is -0.436 e. The van der Waals surface area contributed by atoms with Crippen LogP contribution < -0.4 is 10.1 Å². The Bertz CT molecular complexity index is 590. The van der Waals surface area contributed by atoms with Crippen LogP contribution >= 0.6 is 11.6 Å². The van der Waals surface area contributed by atoms with Crippen molar-refractivity contribution in [1.29, 1.82) is 0 Å². The number of ether oxygens (including phenoxy) is 1. The largest absolute Gasteiger partial charge is 0.436 e. The monoisotopic (exact) mass is 294 g/mol. The van der Waals surface area contributed by atoms with E-state index in [2.05, 4.69) is 24.1 Å². The molecule has 2 aromatic rings. The Hall–Kier alpha value is -1.65. The first-order valence-electron chi connectivity index (χ1n) is 6.36. The Morgan fingerprint density at radius 3 is 2.90 bits per heavy atom. The summed E-state index contributed by atoms with van der Waals surface area (Å²) < 4.78 is 19.2. The van der Waals surface area contributed by atoms with Crippen molar-refractivity contribution in [2.75, 3.05) is 0 Å². The van der Waals surface area contributed by atoms with Crippen molar-refractivity contribution >= 4 is 11.6 Å². The fourth-order valence-electron chi connectivity index (χ4n) is 1.61. The van der Waals surface area contributed by atoms with Crippen molar-refractivity contribution < 1.29 is 9.13 Å². The Morgan fingerprint density at radius 2 is 2.15 bits per heavy atom. The zero-order valence-corrected chi connectivity index (χ0v) is 12.1. The van der Waals surface area contributed by atoms with E-state index in [0.29, 0.717) is 18.5 Å². The van der Waals surface area contributed by atoms with Gasteiger partial charge in [0.2, 0.25) is 5.88 Å². The van der Waals surface area contributed by atoms with Gasteiger partial charge in [0.15, 0.2) is 11.6 Å². The third kappa shape index (κ3) is 3.92. The highest BCUT2D eigenvalue weighted by atomic mass is 35.5. The van der Waals surface area contributed by atoms with Gasteiger partial charge in [-0.1, -0.05) is 31.5 Å². The minimum atomic E-state index is -0.582. The number of pyridine rings is 1. The summed E-state index contributed by atoms with van der Waals surface area (Å²) in [6.07, 6.45) is 1.63. The first-order valence-corrected chi connectivity index (χ1v) is 6.74. The number of benzene rings is 1. The predicted octanol–water partition coefficient (Wildman–Crippen LogP) is 4.16. The van der Waals surface area contributed by atoms with Crippen LogP contribution in [0.1, 0.15) is 19.4 Å². The van der Waals surface area contributed by atoms with Gasteiger partial charge in [0.1, 0.15) is 0 Å². The van der Waals surface area contributed by atoms with Gasteiger partial charge in [0.05, 0.1) is 5.02 Å². The summed E-state index contributed by atoms with van der Waals surface area (Å²) >= 11 is 5.71. The highest BCUT2D eigenvalue weighted by Crippen LogP contribution is 2.27. The second-order valence-electron chi connectivity index (χ2n) is 4.69. The Labute approximate surface area is 122 Å². The molecule has 0 bridgehead atoms. The molecule has 3 nitrogen and oxygen atoms in total. The van der Waals surface area contributed by atoms with Crippen molar-refractivity contribution in [3.63, 3.8) is 0 Å². The van der Waals surface area contributed by atoms with Crippen LogP contribution in [0.2, 0.25) is 5.02 Å². The van der Waals surface area contributed by atoms with E-state index in [0.717, 1.165) is 5.56 Å². The number of halogens is 2. The van der Waals surface area contributed by atoms with E-state index in [9.17, 15) is 4.39 Å². The molecule has 0 unspecified atom stereocenters. The van der Waals surface area contributed by atoms with Gasteiger partial charge in [-0.2, -0.15) is 0 Å². The van der Waals surface area contributed by atoms with Crippen molar-refractivity contribution in [2.45, 2.75) is 26.4 Å². The zero-order valence-electron chi connectivity index (χ0n) is 11.4. The topological polar surface area (TPSA) is 34.2 Å². The van der Waals surface area contributed by atoms with Gasteiger partial charge in [-0.25, -0.2) is 9.37 Å². The predicted molar refractivity (Wildman–Crippen MR) is 77.7 cm³/mol. The van der Waals surface area contributed by atoms with E-state index >= 15 is 0 Å². The summed E-state index contributed by atoms with van der Waals surface area (Å²) in [5, 5.41) is 3.32. The maximum Gasteiger partial charge on any atom is 0.219 e. The highest BCUT2D eigenvalue weighted by Gasteiger charge is 2.09. The standard InChI is InChI=1S/C15H16ClFN2O/c1-10(2)19-9-11-6-7-18-14(8-11)20-13-5-3-4-12(16)15(13)17/h3-8,10,19H,9H2,1-2H3. The van der Waals surface area contributed by atoms with E-state index in [1.165, 1.54) is 12.1 Å². The molecule has 0 saturated heterocycles. The van der Waals surface area contributed by atoms with Crippen molar-refractivity contribution in [2.24, 2.45) is 0 Å². The number of hydrogen-bond donors (Lipinski definition) is 1. The summed E-state index contributed by atoms with van der Waals surface area (Å²) in [6, 6.07) is 8.66. The Balaban J connectivity index is 2.13. The quantitative estimate of drug-likeness (QED) is 0.899. The van der Waals surface area contributed by atoms with Crippen LogP contribution in [0.25, 0.3) is 0 Å². The lowest BCUT2D eigenvalue weighted by molar-refractivity contribution is 0.426. The molecule has 0 spiro atoms. The number of aromatic nitrogens is 1. The zero-order chi connectivity index (χ0) is 14.5. The van der Waals surface area contributed by atoms with Gasteiger partial charge in [-0.3, -0.25) is 0 Å². The Kier molecular flexibility index (Phi) is 4.93. The SMILES string of the molecule is CC(C)NCc1ccnc(Oc2cccc(Cl)c2F)c1. The molecule has 1 N–H and O–H groups in total. The van der Waals surface area contributed by atoms with Crippen molar-refractivity contribution in [1.82, 2.24) is 10.3 Å².